The molecule has 3 atom stereocenters. The quantitative estimate of drug-likeness (QED) is 0.797. The van der Waals surface area contributed by atoms with Gasteiger partial charge in [0, 0.05) is 12.6 Å². The van der Waals surface area contributed by atoms with Crippen molar-refractivity contribution in [2.45, 2.75) is 32.7 Å². The highest BCUT2D eigenvalue weighted by Gasteiger charge is 2.42. The molecule has 2 rings (SSSR count). The second kappa shape index (κ2) is 5.12. The normalized spacial score (nSPS) is 33.0. The van der Waals surface area contributed by atoms with Crippen molar-refractivity contribution in [2.24, 2.45) is 11.3 Å². The van der Waals surface area contributed by atoms with E-state index in [9.17, 15) is 5.26 Å². The molecule has 1 aliphatic heterocycles. The molecule has 0 radical (unpaired) electrons. The minimum absolute atomic E-state index is 0.201. The van der Waals surface area contributed by atoms with E-state index >= 15 is 0 Å². The summed E-state index contributed by atoms with van der Waals surface area (Å²) in [6.07, 6.45) is 1.85. The van der Waals surface area contributed by atoms with E-state index in [-0.39, 0.29) is 5.41 Å². The molecule has 1 aromatic carbocycles. The Labute approximate surface area is 110 Å². The molecule has 0 bridgehead atoms. The van der Waals surface area contributed by atoms with E-state index in [0.29, 0.717) is 12.0 Å². The lowest BCUT2D eigenvalue weighted by atomic mass is 9.66. The molecule has 0 N–H and O–H groups in total. The fraction of sp³-hybridized carbons (Fsp3) is 0.562. The van der Waals surface area contributed by atoms with Crippen LogP contribution in [0, 0.1) is 22.7 Å². The summed E-state index contributed by atoms with van der Waals surface area (Å²) in [6.45, 7) is 5.46. The molecule has 0 aliphatic carbocycles. The smallest absolute Gasteiger partial charge is 0.0697 e. The average Bonchev–Trinajstić information content (AvgIpc) is 2.37. The van der Waals surface area contributed by atoms with E-state index in [2.05, 4.69) is 56.1 Å². The third kappa shape index (κ3) is 2.42. The lowest BCUT2D eigenvalue weighted by Crippen LogP contribution is -2.49. The SMILES string of the molecule is CC1CC(C#N)(Cc2ccccc2)C(C)CN1C. The number of hydrogen-bond donors (Lipinski definition) is 0. The molecule has 0 amide bonds. The van der Waals surface area contributed by atoms with E-state index < -0.39 is 0 Å². The Hall–Kier alpha value is -1.33. The van der Waals surface area contributed by atoms with Crippen molar-refractivity contribution in [3.05, 3.63) is 35.9 Å². The fourth-order valence-electron chi connectivity index (χ4n) is 3.07. The Morgan fingerprint density at radius 2 is 2.00 bits per heavy atom. The molecule has 1 aromatic rings. The third-order valence-electron chi connectivity index (χ3n) is 4.50. The van der Waals surface area contributed by atoms with E-state index in [1.165, 1.54) is 5.56 Å². The van der Waals surface area contributed by atoms with Gasteiger partial charge in [0.2, 0.25) is 0 Å². The highest BCUT2D eigenvalue weighted by Crippen LogP contribution is 2.41. The van der Waals surface area contributed by atoms with Gasteiger partial charge in [-0.15, -0.1) is 0 Å². The van der Waals surface area contributed by atoms with Crippen molar-refractivity contribution in [1.29, 1.82) is 5.26 Å². The summed E-state index contributed by atoms with van der Waals surface area (Å²) in [5.41, 5.74) is 1.08. The number of nitriles is 1. The van der Waals surface area contributed by atoms with Crippen LogP contribution in [0.2, 0.25) is 0 Å². The Bertz CT molecular complexity index is 434. The van der Waals surface area contributed by atoms with Crippen molar-refractivity contribution in [3.63, 3.8) is 0 Å². The maximum Gasteiger partial charge on any atom is 0.0697 e. The lowest BCUT2D eigenvalue weighted by Gasteiger charge is -2.45. The van der Waals surface area contributed by atoms with E-state index in [0.717, 1.165) is 19.4 Å². The zero-order valence-electron chi connectivity index (χ0n) is 11.6. The van der Waals surface area contributed by atoms with Gasteiger partial charge in [0.1, 0.15) is 0 Å². The van der Waals surface area contributed by atoms with Crippen LogP contribution in [0.3, 0.4) is 0 Å². The third-order valence-corrected chi connectivity index (χ3v) is 4.50. The van der Waals surface area contributed by atoms with Crippen LogP contribution < -0.4 is 0 Å². The van der Waals surface area contributed by atoms with Crippen LogP contribution >= 0.6 is 0 Å². The zero-order chi connectivity index (χ0) is 13.2. The minimum atomic E-state index is -0.201. The van der Waals surface area contributed by atoms with Crippen LogP contribution in [0.1, 0.15) is 25.8 Å². The first-order valence-corrected chi connectivity index (χ1v) is 6.73. The molecule has 1 aliphatic rings. The van der Waals surface area contributed by atoms with Crippen molar-refractivity contribution in [1.82, 2.24) is 4.90 Å². The predicted octanol–water partition coefficient (Wildman–Crippen LogP) is 3.10. The van der Waals surface area contributed by atoms with E-state index in [1.807, 2.05) is 6.07 Å². The summed E-state index contributed by atoms with van der Waals surface area (Å²) in [7, 11) is 2.16. The van der Waals surface area contributed by atoms with Gasteiger partial charge in [0.05, 0.1) is 11.5 Å². The molecule has 96 valence electrons. The van der Waals surface area contributed by atoms with Crippen LogP contribution in [0.25, 0.3) is 0 Å². The Kier molecular flexibility index (Phi) is 3.73. The molecule has 1 heterocycles. The van der Waals surface area contributed by atoms with Crippen LogP contribution in [0.15, 0.2) is 30.3 Å². The van der Waals surface area contributed by atoms with Gasteiger partial charge in [-0.3, -0.25) is 0 Å². The van der Waals surface area contributed by atoms with Gasteiger partial charge in [-0.25, -0.2) is 0 Å². The van der Waals surface area contributed by atoms with Gasteiger partial charge in [0.15, 0.2) is 0 Å². The molecule has 3 unspecified atom stereocenters. The van der Waals surface area contributed by atoms with Crippen LogP contribution in [0.5, 0.6) is 0 Å². The highest BCUT2D eigenvalue weighted by atomic mass is 15.1. The van der Waals surface area contributed by atoms with Gasteiger partial charge in [-0.2, -0.15) is 5.26 Å². The highest BCUT2D eigenvalue weighted by molar-refractivity contribution is 5.21. The maximum absolute atomic E-state index is 9.71. The minimum Gasteiger partial charge on any atom is -0.303 e. The Morgan fingerprint density at radius 1 is 1.33 bits per heavy atom. The predicted molar refractivity (Wildman–Crippen MR) is 74.1 cm³/mol. The number of benzene rings is 1. The number of piperidine rings is 1. The first kappa shape index (κ1) is 13.1. The van der Waals surface area contributed by atoms with Gasteiger partial charge < -0.3 is 4.90 Å². The van der Waals surface area contributed by atoms with Crippen LogP contribution in [-0.4, -0.2) is 24.5 Å². The molecule has 0 saturated carbocycles. The van der Waals surface area contributed by atoms with Crippen molar-refractivity contribution in [3.8, 4) is 6.07 Å². The van der Waals surface area contributed by atoms with Gasteiger partial charge >= 0.3 is 0 Å². The van der Waals surface area contributed by atoms with Crippen LogP contribution in [0.4, 0.5) is 0 Å². The van der Waals surface area contributed by atoms with Crippen LogP contribution in [-0.2, 0) is 6.42 Å². The van der Waals surface area contributed by atoms with Gasteiger partial charge in [0.25, 0.3) is 0 Å². The summed E-state index contributed by atoms with van der Waals surface area (Å²) in [5, 5.41) is 9.71. The molecule has 18 heavy (non-hydrogen) atoms. The second-order valence-electron chi connectivity index (χ2n) is 5.82. The molecular formula is C16H22N2. The summed E-state index contributed by atoms with van der Waals surface area (Å²) >= 11 is 0. The summed E-state index contributed by atoms with van der Waals surface area (Å²) in [4.78, 5) is 2.37. The first-order chi connectivity index (χ1) is 8.57. The largest absolute Gasteiger partial charge is 0.303 e. The lowest BCUT2D eigenvalue weighted by molar-refractivity contribution is 0.0594. The standard InChI is InChI=1S/C16H22N2/c1-13-11-18(3)14(2)9-16(13,12-17)10-15-7-5-4-6-8-15/h4-8,13-14H,9-11H2,1-3H3. The molecule has 2 heteroatoms. The number of rotatable bonds is 2. The first-order valence-electron chi connectivity index (χ1n) is 6.73. The Morgan fingerprint density at radius 3 is 2.61 bits per heavy atom. The monoisotopic (exact) mass is 242 g/mol. The molecule has 0 aromatic heterocycles. The zero-order valence-corrected chi connectivity index (χ0v) is 11.6. The number of nitrogens with zero attached hydrogens (tertiary/aromatic N) is 2. The number of hydrogen-bond acceptors (Lipinski definition) is 2. The van der Waals surface area contributed by atoms with Gasteiger partial charge in [-0.1, -0.05) is 37.3 Å². The molecule has 2 nitrogen and oxygen atoms in total. The number of likely N-dealkylation sites (tertiary alicyclic amines) is 1. The second-order valence-corrected chi connectivity index (χ2v) is 5.82. The fourth-order valence-corrected chi connectivity index (χ4v) is 3.07. The summed E-state index contributed by atoms with van der Waals surface area (Å²) in [6, 6.07) is 13.5. The van der Waals surface area contributed by atoms with Gasteiger partial charge in [-0.05, 0) is 38.3 Å². The molecule has 1 saturated heterocycles. The maximum atomic E-state index is 9.71. The summed E-state index contributed by atoms with van der Waals surface area (Å²) in [5.74, 6) is 0.420. The Balaban J connectivity index is 2.23. The molecule has 0 spiro atoms. The van der Waals surface area contributed by atoms with Crippen molar-refractivity contribution >= 4 is 0 Å². The molecule has 1 fully saturated rings. The van der Waals surface area contributed by atoms with E-state index in [4.69, 9.17) is 0 Å². The van der Waals surface area contributed by atoms with Crippen molar-refractivity contribution < 1.29 is 0 Å². The van der Waals surface area contributed by atoms with Crippen molar-refractivity contribution in [2.75, 3.05) is 13.6 Å². The average molecular weight is 242 g/mol. The molecular weight excluding hydrogens is 220 g/mol. The topological polar surface area (TPSA) is 27.0 Å². The van der Waals surface area contributed by atoms with E-state index in [1.54, 1.807) is 0 Å². The summed E-state index contributed by atoms with van der Waals surface area (Å²) < 4.78 is 0.